The van der Waals surface area contributed by atoms with E-state index in [4.69, 9.17) is 11.6 Å². The molecule has 0 aliphatic carbocycles. The van der Waals surface area contributed by atoms with Crippen LogP contribution in [0.4, 0.5) is 13.2 Å². The molecule has 0 atom stereocenters. The number of aromatic nitrogens is 1. The van der Waals surface area contributed by atoms with Gasteiger partial charge in [0.2, 0.25) is 0 Å². The standard InChI is InChI=1S/C10H5ClF3NO/c11-9(16)8-3-5-1-2-6(10(12,13)14)4-7(5)15-8/h1-4,15H. The minimum Gasteiger partial charge on any atom is -0.351 e. The van der Waals surface area contributed by atoms with Crippen molar-refractivity contribution in [3.63, 3.8) is 0 Å². The molecule has 16 heavy (non-hydrogen) atoms. The molecule has 2 aromatic rings. The smallest absolute Gasteiger partial charge is 0.351 e. The number of rotatable bonds is 1. The molecule has 0 aliphatic heterocycles. The lowest BCUT2D eigenvalue weighted by molar-refractivity contribution is -0.137. The lowest BCUT2D eigenvalue weighted by Gasteiger charge is -2.05. The summed E-state index contributed by atoms with van der Waals surface area (Å²) < 4.78 is 37.1. The first-order valence-corrected chi connectivity index (χ1v) is 4.65. The molecule has 2 rings (SSSR count). The second-order valence-electron chi connectivity index (χ2n) is 3.26. The molecule has 0 bridgehead atoms. The summed E-state index contributed by atoms with van der Waals surface area (Å²) in [5.41, 5.74) is -0.453. The third-order valence-electron chi connectivity index (χ3n) is 2.16. The van der Waals surface area contributed by atoms with Crippen LogP contribution in [0.15, 0.2) is 24.3 Å². The molecule has 2 nitrogen and oxygen atoms in total. The summed E-state index contributed by atoms with van der Waals surface area (Å²) in [6, 6.07) is 4.60. The number of carbonyl (C=O) groups is 1. The zero-order valence-electron chi connectivity index (χ0n) is 7.73. The summed E-state index contributed by atoms with van der Waals surface area (Å²) in [5.74, 6) is 0. The maximum Gasteiger partial charge on any atom is 0.416 e. The highest BCUT2D eigenvalue weighted by atomic mass is 35.5. The maximum atomic E-state index is 12.4. The third kappa shape index (κ3) is 1.90. The Labute approximate surface area is 93.0 Å². The molecule has 0 saturated heterocycles. The van der Waals surface area contributed by atoms with Crippen molar-refractivity contribution in [3.8, 4) is 0 Å². The molecule has 0 radical (unpaired) electrons. The predicted octanol–water partition coefficient (Wildman–Crippen LogP) is 3.57. The third-order valence-corrected chi connectivity index (χ3v) is 2.37. The number of aromatic amines is 1. The molecule has 0 fully saturated rings. The van der Waals surface area contributed by atoms with E-state index in [1.165, 1.54) is 12.1 Å². The van der Waals surface area contributed by atoms with Crippen molar-refractivity contribution in [1.82, 2.24) is 4.98 Å². The van der Waals surface area contributed by atoms with Crippen molar-refractivity contribution in [2.45, 2.75) is 6.18 Å². The van der Waals surface area contributed by atoms with Crippen LogP contribution < -0.4 is 0 Å². The topological polar surface area (TPSA) is 32.9 Å². The SMILES string of the molecule is O=C(Cl)c1cc2ccc(C(F)(F)F)cc2[nH]1. The van der Waals surface area contributed by atoms with Crippen molar-refractivity contribution in [1.29, 1.82) is 0 Å². The van der Waals surface area contributed by atoms with Crippen LogP contribution in [0.3, 0.4) is 0 Å². The fourth-order valence-electron chi connectivity index (χ4n) is 1.41. The predicted molar refractivity (Wildman–Crippen MR) is 53.5 cm³/mol. The van der Waals surface area contributed by atoms with Gasteiger partial charge < -0.3 is 4.98 Å². The van der Waals surface area contributed by atoms with E-state index in [2.05, 4.69) is 4.98 Å². The molecule has 1 heterocycles. The summed E-state index contributed by atoms with van der Waals surface area (Å²) in [7, 11) is 0. The summed E-state index contributed by atoms with van der Waals surface area (Å²) in [6.07, 6.45) is -4.40. The number of benzene rings is 1. The van der Waals surface area contributed by atoms with Gasteiger partial charge in [-0.05, 0) is 29.8 Å². The van der Waals surface area contributed by atoms with Crippen LogP contribution in [0.2, 0.25) is 0 Å². The molecule has 0 saturated carbocycles. The van der Waals surface area contributed by atoms with Gasteiger partial charge in [0.05, 0.1) is 11.3 Å². The Morgan fingerprint density at radius 1 is 1.25 bits per heavy atom. The van der Waals surface area contributed by atoms with E-state index < -0.39 is 17.0 Å². The van der Waals surface area contributed by atoms with E-state index in [1.807, 2.05) is 0 Å². The largest absolute Gasteiger partial charge is 0.416 e. The van der Waals surface area contributed by atoms with Gasteiger partial charge in [-0.15, -0.1) is 0 Å². The van der Waals surface area contributed by atoms with Gasteiger partial charge in [-0.2, -0.15) is 13.2 Å². The molecule has 1 N–H and O–H groups in total. The number of hydrogen-bond acceptors (Lipinski definition) is 1. The maximum absolute atomic E-state index is 12.4. The first-order chi connectivity index (χ1) is 7.38. The van der Waals surface area contributed by atoms with Crippen LogP contribution in [0.1, 0.15) is 16.1 Å². The number of nitrogens with one attached hydrogen (secondary N) is 1. The minimum atomic E-state index is -4.40. The Bertz CT molecular complexity index is 559. The van der Waals surface area contributed by atoms with Crippen LogP contribution in [0, 0.1) is 0 Å². The fraction of sp³-hybridized carbons (Fsp3) is 0.100. The second kappa shape index (κ2) is 3.52. The van der Waals surface area contributed by atoms with E-state index in [9.17, 15) is 18.0 Å². The van der Waals surface area contributed by atoms with Crippen molar-refractivity contribution >= 4 is 27.7 Å². The summed E-state index contributed by atoms with van der Waals surface area (Å²) >= 11 is 5.21. The Balaban J connectivity index is 2.58. The van der Waals surface area contributed by atoms with Gasteiger partial charge in [0.25, 0.3) is 5.24 Å². The highest BCUT2D eigenvalue weighted by molar-refractivity contribution is 6.67. The molecule has 1 aromatic heterocycles. The zero-order valence-corrected chi connectivity index (χ0v) is 8.49. The Kier molecular flexibility index (Phi) is 2.42. The van der Waals surface area contributed by atoms with Gasteiger partial charge in [0.1, 0.15) is 0 Å². The van der Waals surface area contributed by atoms with E-state index >= 15 is 0 Å². The molecule has 0 aliphatic rings. The Morgan fingerprint density at radius 3 is 2.50 bits per heavy atom. The van der Waals surface area contributed by atoms with Crippen molar-refractivity contribution < 1.29 is 18.0 Å². The number of fused-ring (bicyclic) bond motifs is 1. The molecule has 0 spiro atoms. The molecule has 84 valence electrons. The Morgan fingerprint density at radius 2 is 1.94 bits per heavy atom. The van der Waals surface area contributed by atoms with E-state index in [-0.39, 0.29) is 11.2 Å². The van der Waals surface area contributed by atoms with Crippen LogP contribution >= 0.6 is 11.6 Å². The van der Waals surface area contributed by atoms with Gasteiger partial charge in [-0.25, -0.2) is 0 Å². The minimum absolute atomic E-state index is 0.0796. The van der Waals surface area contributed by atoms with Crippen molar-refractivity contribution in [2.24, 2.45) is 0 Å². The molecule has 0 unspecified atom stereocenters. The van der Waals surface area contributed by atoms with Gasteiger partial charge >= 0.3 is 6.18 Å². The number of hydrogen-bond donors (Lipinski definition) is 1. The summed E-state index contributed by atoms with van der Waals surface area (Å²) in [6.45, 7) is 0. The molecular formula is C10H5ClF3NO. The van der Waals surface area contributed by atoms with Gasteiger partial charge in [-0.1, -0.05) is 6.07 Å². The van der Waals surface area contributed by atoms with Crippen LogP contribution in [0.5, 0.6) is 0 Å². The van der Waals surface area contributed by atoms with E-state index in [1.54, 1.807) is 0 Å². The first kappa shape index (κ1) is 11.0. The summed E-state index contributed by atoms with van der Waals surface area (Å²) in [5, 5.41) is -0.221. The first-order valence-electron chi connectivity index (χ1n) is 4.28. The van der Waals surface area contributed by atoms with Crippen LogP contribution in [0.25, 0.3) is 10.9 Å². The van der Waals surface area contributed by atoms with Gasteiger partial charge in [0.15, 0.2) is 0 Å². The van der Waals surface area contributed by atoms with Gasteiger partial charge in [0, 0.05) is 10.9 Å². The number of carbonyl (C=O) groups excluding carboxylic acids is 1. The average molecular weight is 248 g/mol. The Hall–Kier alpha value is -1.49. The van der Waals surface area contributed by atoms with E-state index in [0.717, 1.165) is 12.1 Å². The summed E-state index contributed by atoms with van der Waals surface area (Å²) in [4.78, 5) is 13.3. The lowest BCUT2D eigenvalue weighted by atomic mass is 10.1. The van der Waals surface area contributed by atoms with Crippen molar-refractivity contribution in [2.75, 3.05) is 0 Å². The molecule has 1 aromatic carbocycles. The highest BCUT2D eigenvalue weighted by Crippen LogP contribution is 2.31. The average Bonchev–Trinajstić information content (AvgIpc) is 2.58. The molecule has 0 amide bonds. The fourth-order valence-corrected chi connectivity index (χ4v) is 1.51. The van der Waals surface area contributed by atoms with Crippen LogP contribution in [-0.2, 0) is 6.18 Å². The monoisotopic (exact) mass is 247 g/mol. The number of halogens is 4. The number of alkyl halides is 3. The van der Waals surface area contributed by atoms with Crippen molar-refractivity contribution in [3.05, 3.63) is 35.5 Å². The quantitative estimate of drug-likeness (QED) is 0.768. The highest BCUT2D eigenvalue weighted by Gasteiger charge is 2.30. The van der Waals surface area contributed by atoms with E-state index in [0.29, 0.717) is 5.39 Å². The molecule has 6 heteroatoms. The van der Waals surface area contributed by atoms with Crippen LogP contribution in [-0.4, -0.2) is 10.2 Å². The molecular weight excluding hydrogens is 243 g/mol. The lowest BCUT2D eigenvalue weighted by Crippen LogP contribution is -2.03. The zero-order chi connectivity index (χ0) is 11.9. The normalized spacial score (nSPS) is 12.0. The second-order valence-corrected chi connectivity index (χ2v) is 3.60. The number of H-pyrrole nitrogens is 1. The van der Waals surface area contributed by atoms with Gasteiger partial charge in [-0.3, -0.25) is 4.79 Å².